The molecule has 1 aliphatic rings. The Morgan fingerprint density at radius 1 is 1.28 bits per heavy atom. The lowest BCUT2D eigenvalue weighted by Crippen LogP contribution is -2.50. The Hall–Kier alpha value is -1.85. The molecule has 7 nitrogen and oxygen atoms in total. The largest absolute Gasteiger partial charge is 0.417 e. The van der Waals surface area contributed by atoms with Crippen LogP contribution in [0.2, 0.25) is 5.02 Å². The van der Waals surface area contributed by atoms with Gasteiger partial charge in [-0.05, 0) is 24.6 Å². The third-order valence-corrected chi connectivity index (χ3v) is 4.34. The van der Waals surface area contributed by atoms with Crippen molar-refractivity contribution in [3.05, 3.63) is 34.3 Å². The van der Waals surface area contributed by atoms with Crippen molar-refractivity contribution in [2.75, 3.05) is 6.26 Å². The molecular formula is C13H12ClF3N2O5S. The summed E-state index contributed by atoms with van der Waals surface area (Å²) in [6, 6.07) is 1.62. The molecule has 0 radical (unpaired) electrons. The fourth-order valence-corrected chi connectivity index (χ4v) is 3.20. The zero-order chi connectivity index (χ0) is 19.2. The van der Waals surface area contributed by atoms with Crippen LogP contribution >= 0.6 is 11.6 Å². The van der Waals surface area contributed by atoms with Crippen LogP contribution in [0.15, 0.2) is 18.2 Å². The molecule has 0 spiro atoms. The van der Waals surface area contributed by atoms with E-state index in [1.54, 1.807) is 0 Å². The maximum absolute atomic E-state index is 13.0. The predicted octanol–water partition coefficient (Wildman–Crippen LogP) is 1.97. The van der Waals surface area contributed by atoms with Crippen molar-refractivity contribution in [1.29, 1.82) is 0 Å². The number of rotatable bonds is 4. The van der Waals surface area contributed by atoms with Crippen molar-refractivity contribution in [2.45, 2.75) is 24.7 Å². The van der Waals surface area contributed by atoms with Gasteiger partial charge >= 0.3 is 12.2 Å². The van der Waals surface area contributed by atoms with Crippen LogP contribution in [0.25, 0.3) is 0 Å². The average molecular weight is 401 g/mol. The van der Waals surface area contributed by atoms with Gasteiger partial charge in [-0.2, -0.15) is 21.6 Å². The van der Waals surface area contributed by atoms with E-state index in [1.807, 2.05) is 5.32 Å². The summed E-state index contributed by atoms with van der Waals surface area (Å²) in [7, 11) is -4.19. The molecule has 2 atom stereocenters. The van der Waals surface area contributed by atoms with Gasteiger partial charge in [0.1, 0.15) is 11.6 Å². The molecule has 1 saturated heterocycles. The van der Waals surface area contributed by atoms with Gasteiger partial charge < -0.3 is 5.32 Å². The average Bonchev–Trinajstić information content (AvgIpc) is 2.68. The quantitative estimate of drug-likeness (QED) is 0.594. The molecule has 0 aromatic heterocycles. The van der Waals surface area contributed by atoms with Crippen LogP contribution in [0.1, 0.15) is 24.2 Å². The maximum atomic E-state index is 13.0. The van der Waals surface area contributed by atoms with Gasteiger partial charge in [0.2, 0.25) is 0 Å². The fourth-order valence-electron chi connectivity index (χ4n) is 2.32. The third kappa shape index (κ3) is 4.05. The minimum atomic E-state index is -4.81. The number of imide groups is 1. The number of halogens is 4. The smallest absolute Gasteiger partial charge is 0.321 e. The Bertz CT molecular complexity index is 843. The highest BCUT2D eigenvalue weighted by atomic mass is 35.5. The van der Waals surface area contributed by atoms with Crippen LogP contribution in [0.3, 0.4) is 0 Å². The van der Waals surface area contributed by atoms with Gasteiger partial charge in [-0.3, -0.25) is 14.3 Å². The van der Waals surface area contributed by atoms with E-state index in [9.17, 15) is 31.2 Å². The first kappa shape index (κ1) is 19.5. The summed E-state index contributed by atoms with van der Waals surface area (Å²) < 4.78 is 67.0. The molecule has 0 aliphatic carbocycles. The van der Waals surface area contributed by atoms with Crippen LogP contribution in [-0.2, 0) is 25.3 Å². The molecule has 138 valence electrons. The standard InChI is InChI=1S/C13H12ClF3N2O5S/c1-12(10(20)18-11(21)19-12)9(24-25(2,22)23)6-3-4-8(14)7(5-6)13(15,16)17/h3-5,9H,1-2H3,(H2,18,19,20,21). The highest BCUT2D eigenvalue weighted by Gasteiger charge is 2.51. The maximum Gasteiger partial charge on any atom is 0.417 e. The number of benzene rings is 1. The molecule has 1 aliphatic heterocycles. The SMILES string of the molecule is CC1(C(OS(C)(=O)=O)c2ccc(Cl)c(C(F)(F)F)c2)NC(=O)NC1=O. The molecule has 0 saturated carbocycles. The molecule has 12 heteroatoms. The van der Waals surface area contributed by atoms with Gasteiger partial charge in [0.15, 0.2) is 0 Å². The van der Waals surface area contributed by atoms with Crippen molar-refractivity contribution in [1.82, 2.24) is 10.6 Å². The second kappa shape index (κ2) is 6.15. The molecular weight excluding hydrogens is 389 g/mol. The molecule has 1 aromatic rings. The molecule has 2 rings (SSSR count). The molecule has 0 bridgehead atoms. The summed E-state index contributed by atoms with van der Waals surface area (Å²) in [5.74, 6) is -0.949. The van der Waals surface area contributed by atoms with Crippen LogP contribution in [-0.4, -0.2) is 32.2 Å². The van der Waals surface area contributed by atoms with Gasteiger partial charge in [0, 0.05) is 0 Å². The third-order valence-electron chi connectivity index (χ3n) is 3.47. The van der Waals surface area contributed by atoms with E-state index in [4.69, 9.17) is 15.8 Å². The minimum Gasteiger partial charge on any atom is -0.321 e. The summed E-state index contributed by atoms with van der Waals surface area (Å²) in [6.45, 7) is 1.13. The van der Waals surface area contributed by atoms with Crippen LogP contribution in [0.5, 0.6) is 0 Å². The number of carbonyl (C=O) groups excluding carboxylic acids is 2. The van der Waals surface area contributed by atoms with Crippen molar-refractivity contribution in [3.63, 3.8) is 0 Å². The molecule has 2 unspecified atom stereocenters. The number of hydrogen-bond acceptors (Lipinski definition) is 5. The number of alkyl halides is 3. The van der Waals surface area contributed by atoms with Gasteiger partial charge in [-0.25, -0.2) is 4.79 Å². The Morgan fingerprint density at radius 2 is 1.88 bits per heavy atom. The summed E-state index contributed by atoms with van der Waals surface area (Å²) in [5, 5.41) is 3.45. The minimum absolute atomic E-state index is 0.304. The van der Waals surface area contributed by atoms with Crippen molar-refractivity contribution < 1.29 is 35.4 Å². The summed E-state index contributed by atoms with van der Waals surface area (Å²) in [4.78, 5) is 23.4. The lowest BCUT2D eigenvalue weighted by Gasteiger charge is -2.30. The summed E-state index contributed by atoms with van der Waals surface area (Å²) >= 11 is 5.54. The van der Waals surface area contributed by atoms with E-state index in [2.05, 4.69) is 5.32 Å². The highest BCUT2D eigenvalue weighted by Crippen LogP contribution is 2.39. The summed E-state index contributed by atoms with van der Waals surface area (Å²) in [5.41, 5.74) is -3.49. The monoisotopic (exact) mass is 400 g/mol. The fraction of sp³-hybridized carbons (Fsp3) is 0.385. The lowest BCUT2D eigenvalue weighted by molar-refractivity contribution is -0.137. The zero-order valence-corrected chi connectivity index (χ0v) is 14.3. The first-order valence-electron chi connectivity index (χ1n) is 6.62. The lowest BCUT2D eigenvalue weighted by atomic mass is 9.89. The Balaban J connectivity index is 2.62. The van der Waals surface area contributed by atoms with Crippen molar-refractivity contribution >= 4 is 33.7 Å². The van der Waals surface area contributed by atoms with E-state index in [1.165, 1.54) is 0 Å². The second-order valence-electron chi connectivity index (χ2n) is 5.53. The Labute approximate surface area is 145 Å². The number of urea groups is 1. The molecule has 1 aromatic carbocycles. The first-order chi connectivity index (χ1) is 11.2. The van der Waals surface area contributed by atoms with Gasteiger partial charge in [-0.15, -0.1) is 0 Å². The second-order valence-corrected chi connectivity index (χ2v) is 7.54. The Morgan fingerprint density at radius 3 is 2.32 bits per heavy atom. The van der Waals surface area contributed by atoms with Crippen molar-refractivity contribution in [2.24, 2.45) is 0 Å². The van der Waals surface area contributed by atoms with Gasteiger partial charge in [0.25, 0.3) is 16.0 Å². The predicted molar refractivity (Wildman–Crippen MR) is 80.2 cm³/mol. The molecule has 1 heterocycles. The topological polar surface area (TPSA) is 102 Å². The number of hydrogen-bond donors (Lipinski definition) is 2. The summed E-state index contributed by atoms with van der Waals surface area (Å²) in [6.07, 6.45) is -5.89. The molecule has 1 fully saturated rings. The number of nitrogens with one attached hydrogen (secondary N) is 2. The Kier molecular flexibility index (Phi) is 4.79. The van der Waals surface area contributed by atoms with E-state index in [0.717, 1.165) is 19.1 Å². The zero-order valence-electron chi connectivity index (χ0n) is 12.8. The van der Waals surface area contributed by atoms with E-state index >= 15 is 0 Å². The van der Waals surface area contributed by atoms with Crippen LogP contribution in [0, 0.1) is 0 Å². The van der Waals surface area contributed by atoms with E-state index in [-0.39, 0.29) is 5.56 Å². The van der Waals surface area contributed by atoms with Gasteiger partial charge in [0.05, 0.1) is 16.8 Å². The van der Waals surface area contributed by atoms with E-state index in [0.29, 0.717) is 12.3 Å². The highest BCUT2D eigenvalue weighted by molar-refractivity contribution is 7.86. The van der Waals surface area contributed by atoms with Crippen molar-refractivity contribution in [3.8, 4) is 0 Å². The van der Waals surface area contributed by atoms with Gasteiger partial charge in [-0.1, -0.05) is 17.7 Å². The number of carbonyl (C=O) groups is 2. The van der Waals surface area contributed by atoms with E-state index < -0.39 is 50.5 Å². The van der Waals surface area contributed by atoms with Crippen LogP contribution in [0.4, 0.5) is 18.0 Å². The first-order valence-corrected chi connectivity index (χ1v) is 8.82. The molecule has 25 heavy (non-hydrogen) atoms. The normalized spacial score (nSPS) is 22.5. The van der Waals surface area contributed by atoms with Crippen LogP contribution < -0.4 is 10.6 Å². The molecule has 2 N–H and O–H groups in total. The molecule has 3 amide bonds. The number of amides is 3.